The van der Waals surface area contributed by atoms with Gasteiger partial charge in [-0.2, -0.15) is 13.2 Å². The monoisotopic (exact) mass is 620 g/mol. The largest absolute Gasteiger partial charge is 0.471 e. The van der Waals surface area contributed by atoms with Crippen LogP contribution < -0.4 is 5.32 Å². The molecule has 43 heavy (non-hydrogen) atoms. The molecule has 2 fully saturated rings. The number of alkyl halides is 3. The SMILES string of the molecule is C[C@@H]1[C@H](CSc2nnnn2C)O[C@H](c2ccc(NC(=O)[C@@H]3CCCN3C(=O)C(F)(F)F)cc2)O[C@@H]1c1ccc(CO)cc1. The molecule has 0 aliphatic carbocycles. The van der Waals surface area contributed by atoms with E-state index in [4.69, 9.17) is 9.47 Å². The fourth-order valence-corrected chi connectivity index (χ4v) is 6.22. The molecule has 2 amide bonds. The molecule has 11 nitrogen and oxygen atoms in total. The molecule has 3 heterocycles. The van der Waals surface area contributed by atoms with E-state index in [0.717, 1.165) is 11.1 Å². The number of benzene rings is 2. The maximum atomic E-state index is 13.0. The van der Waals surface area contributed by atoms with Crippen molar-refractivity contribution in [3.8, 4) is 0 Å². The number of aliphatic hydroxyl groups is 1. The van der Waals surface area contributed by atoms with Crippen molar-refractivity contribution in [1.82, 2.24) is 25.1 Å². The minimum absolute atomic E-state index is 0.0581. The second kappa shape index (κ2) is 13.0. The van der Waals surface area contributed by atoms with Crippen molar-refractivity contribution in [2.75, 3.05) is 17.6 Å². The summed E-state index contributed by atoms with van der Waals surface area (Å²) in [6.07, 6.45) is -5.94. The van der Waals surface area contributed by atoms with E-state index in [9.17, 15) is 27.9 Å². The van der Waals surface area contributed by atoms with Crippen molar-refractivity contribution in [2.45, 2.75) is 62.2 Å². The minimum Gasteiger partial charge on any atom is -0.392 e. The van der Waals surface area contributed by atoms with Gasteiger partial charge in [0.1, 0.15) is 6.04 Å². The summed E-state index contributed by atoms with van der Waals surface area (Å²) in [4.78, 5) is 25.2. The van der Waals surface area contributed by atoms with Gasteiger partial charge in [0.25, 0.3) is 0 Å². The number of amides is 2. The standard InChI is InChI=1S/C28H31F3N6O5S/c1-16-22(15-43-27-33-34-35-36(27)2)41-25(42-23(16)18-7-5-17(14-38)6-8-18)19-9-11-20(12-10-19)32-24(39)21-4-3-13-37(21)26(40)28(29,30)31/h5-12,16,21-23,25,38H,3-4,13-15H2,1-2H3,(H,32,39)/t16-,21+,22+,23+,25+/m1/s1. The lowest BCUT2D eigenvalue weighted by Gasteiger charge is -2.41. The zero-order valence-corrected chi connectivity index (χ0v) is 24.2. The summed E-state index contributed by atoms with van der Waals surface area (Å²) >= 11 is 1.46. The lowest BCUT2D eigenvalue weighted by atomic mass is 9.91. The summed E-state index contributed by atoms with van der Waals surface area (Å²) in [5, 5.41) is 24.3. The summed E-state index contributed by atoms with van der Waals surface area (Å²) in [6, 6.07) is 13.0. The number of carbonyl (C=O) groups is 2. The molecule has 0 bridgehead atoms. The zero-order valence-electron chi connectivity index (χ0n) is 23.4. The summed E-state index contributed by atoms with van der Waals surface area (Å²) in [5.41, 5.74) is 2.74. The van der Waals surface area contributed by atoms with E-state index >= 15 is 0 Å². The van der Waals surface area contributed by atoms with Crippen LogP contribution in [0.15, 0.2) is 53.7 Å². The predicted molar refractivity (Wildman–Crippen MR) is 148 cm³/mol. The molecule has 3 aromatic rings. The van der Waals surface area contributed by atoms with E-state index in [1.54, 1.807) is 36.0 Å². The van der Waals surface area contributed by atoms with Crippen molar-refractivity contribution in [3.63, 3.8) is 0 Å². The third-order valence-corrected chi connectivity index (χ3v) is 8.69. The molecule has 0 unspecified atom stereocenters. The Morgan fingerprint density at radius 2 is 1.79 bits per heavy atom. The molecular weight excluding hydrogens is 589 g/mol. The lowest BCUT2D eigenvalue weighted by molar-refractivity contribution is -0.268. The molecule has 2 aliphatic heterocycles. The topological polar surface area (TPSA) is 132 Å². The average molecular weight is 621 g/mol. The minimum atomic E-state index is -5.04. The normalized spacial score (nSPS) is 24.2. The Labute approximate surface area is 249 Å². The molecule has 0 saturated carbocycles. The van der Waals surface area contributed by atoms with Crippen LogP contribution in [0.25, 0.3) is 0 Å². The number of rotatable bonds is 8. The van der Waals surface area contributed by atoms with E-state index in [0.29, 0.717) is 33.5 Å². The van der Waals surface area contributed by atoms with Crippen LogP contribution in [0.5, 0.6) is 0 Å². The number of carbonyl (C=O) groups excluding carboxylic acids is 2. The summed E-state index contributed by atoms with van der Waals surface area (Å²) in [5.74, 6) is -2.20. The first kappa shape index (κ1) is 30.9. The fourth-order valence-electron chi connectivity index (χ4n) is 5.20. The van der Waals surface area contributed by atoms with Gasteiger partial charge in [0.05, 0.1) is 18.8 Å². The summed E-state index contributed by atoms with van der Waals surface area (Å²) in [6.45, 7) is 1.84. The Bertz CT molecular complexity index is 1420. The fraction of sp³-hybridized carbons (Fsp3) is 0.464. The Balaban J connectivity index is 1.31. The molecule has 2 saturated heterocycles. The van der Waals surface area contributed by atoms with Gasteiger partial charge in [0.15, 0.2) is 6.29 Å². The van der Waals surface area contributed by atoms with Crippen LogP contribution in [0, 0.1) is 5.92 Å². The number of anilines is 1. The van der Waals surface area contributed by atoms with Crippen LogP contribution in [-0.4, -0.2) is 72.6 Å². The van der Waals surface area contributed by atoms with Crippen LogP contribution in [0.1, 0.15) is 48.8 Å². The number of tetrazole rings is 1. The van der Waals surface area contributed by atoms with E-state index in [1.165, 1.54) is 11.8 Å². The van der Waals surface area contributed by atoms with E-state index in [-0.39, 0.29) is 37.7 Å². The highest BCUT2D eigenvalue weighted by molar-refractivity contribution is 7.99. The number of aliphatic hydroxyl groups excluding tert-OH is 1. The second-order valence-corrected chi connectivity index (χ2v) is 11.5. The molecular formula is C28H31F3N6O5S. The van der Waals surface area contributed by atoms with Crippen LogP contribution in [0.4, 0.5) is 18.9 Å². The number of nitrogens with zero attached hydrogens (tertiary/aromatic N) is 5. The van der Waals surface area contributed by atoms with Crippen molar-refractivity contribution in [2.24, 2.45) is 13.0 Å². The number of aromatic nitrogens is 4. The Kier molecular flexibility index (Phi) is 9.34. The number of thioether (sulfide) groups is 1. The van der Waals surface area contributed by atoms with Crippen molar-refractivity contribution < 1.29 is 37.3 Å². The molecule has 15 heteroatoms. The van der Waals surface area contributed by atoms with Gasteiger partial charge in [-0.15, -0.1) is 5.10 Å². The van der Waals surface area contributed by atoms with Crippen molar-refractivity contribution in [3.05, 3.63) is 65.2 Å². The highest BCUT2D eigenvalue weighted by Gasteiger charge is 2.47. The first-order valence-electron chi connectivity index (χ1n) is 13.7. The van der Waals surface area contributed by atoms with Gasteiger partial charge in [-0.25, -0.2) is 4.68 Å². The van der Waals surface area contributed by atoms with Gasteiger partial charge in [0.2, 0.25) is 11.1 Å². The average Bonchev–Trinajstić information content (AvgIpc) is 3.65. The molecule has 2 aromatic carbocycles. The predicted octanol–water partition coefficient (Wildman–Crippen LogP) is 3.78. The van der Waals surface area contributed by atoms with Crippen LogP contribution in [-0.2, 0) is 32.7 Å². The quantitative estimate of drug-likeness (QED) is 0.361. The van der Waals surface area contributed by atoms with Crippen LogP contribution in [0.3, 0.4) is 0 Å². The number of halogens is 3. The molecule has 230 valence electrons. The third kappa shape index (κ3) is 7.00. The van der Waals surface area contributed by atoms with Crippen molar-refractivity contribution in [1.29, 1.82) is 0 Å². The van der Waals surface area contributed by atoms with E-state index in [2.05, 4.69) is 20.8 Å². The number of ether oxygens (including phenoxy) is 2. The van der Waals surface area contributed by atoms with E-state index in [1.807, 2.05) is 31.2 Å². The van der Waals surface area contributed by atoms with Gasteiger partial charge < -0.3 is 24.8 Å². The molecule has 2 aliphatic rings. The molecule has 0 radical (unpaired) electrons. The first-order chi connectivity index (χ1) is 20.5. The van der Waals surface area contributed by atoms with Gasteiger partial charge in [-0.05, 0) is 46.5 Å². The first-order valence-corrected chi connectivity index (χ1v) is 14.7. The van der Waals surface area contributed by atoms with Crippen LogP contribution in [0.2, 0.25) is 0 Å². The third-order valence-electron chi connectivity index (χ3n) is 7.59. The highest BCUT2D eigenvalue weighted by atomic mass is 32.2. The molecule has 1 aromatic heterocycles. The molecule has 2 N–H and O–H groups in total. The Morgan fingerprint density at radius 3 is 2.42 bits per heavy atom. The number of likely N-dealkylation sites (tertiary alicyclic amines) is 1. The Morgan fingerprint density at radius 1 is 1.09 bits per heavy atom. The number of hydrogen-bond donors (Lipinski definition) is 2. The maximum Gasteiger partial charge on any atom is 0.471 e. The summed E-state index contributed by atoms with van der Waals surface area (Å²) in [7, 11) is 1.75. The molecule has 5 atom stereocenters. The molecule has 5 rings (SSSR count). The Hall–Kier alpha value is -3.53. The zero-order chi connectivity index (χ0) is 30.7. The van der Waals surface area contributed by atoms with Gasteiger partial charge >= 0.3 is 12.1 Å². The van der Waals surface area contributed by atoms with Crippen LogP contribution >= 0.6 is 11.8 Å². The highest BCUT2D eigenvalue weighted by Crippen LogP contribution is 2.43. The van der Waals surface area contributed by atoms with Gasteiger partial charge in [0, 0.05) is 36.5 Å². The lowest BCUT2D eigenvalue weighted by Crippen LogP contribution is -2.48. The second-order valence-electron chi connectivity index (χ2n) is 10.5. The number of aryl methyl sites for hydroxylation is 1. The van der Waals surface area contributed by atoms with Crippen molar-refractivity contribution >= 4 is 29.3 Å². The van der Waals surface area contributed by atoms with E-state index < -0.39 is 30.3 Å². The van der Waals surface area contributed by atoms with Gasteiger partial charge in [-0.1, -0.05) is 55.1 Å². The maximum absolute atomic E-state index is 13.0. The smallest absolute Gasteiger partial charge is 0.392 e. The summed E-state index contributed by atoms with van der Waals surface area (Å²) < 4.78 is 53.3. The number of hydrogen-bond acceptors (Lipinski definition) is 9. The number of nitrogens with one attached hydrogen (secondary N) is 1. The molecule has 0 spiro atoms. The van der Waals surface area contributed by atoms with Gasteiger partial charge in [-0.3, -0.25) is 9.59 Å².